The molecule has 0 aliphatic heterocycles. The molecule has 0 aromatic carbocycles. The van der Waals surface area contributed by atoms with E-state index in [1.165, 1.54) is 0 Å². The second kappa shape index (κ2) is 8.28. The fraction of sp³-hybridized carbons (Fsp3) is 0.500. The number of carbonyl (C=O) groups excluding carboxylic acids is 2. The van der Waals surface area contributed by atoms with Gasteiger partial charge >= 0.3 is 57.9 Å². The number of rotatable bonds is 5. The Kier molecular flexibility index (Phi) is 11.3. The van der Waals surface area contributed by atoms with Gasteiger partial charge in [0.2, 0.25) is 0 Å². The fourth-order valence-corrected chi connectivity index (χ4v) is 0.691. The van der Waals surface area contributed by atoms with Crippen LogP contribution >= 0.6 is 0 Å². The molecule has 0 bridgehead atoms. The summed E-state index contributed by atoms with van der Waals surface area (Å²) in [5, 5.41) is 37.2. The topological polar surface area (TPSA) is 138 Å². The van der Waals surface area contributed by atoms with Crippen LogP contribution in [-0.4, -0.2) is 33.7 Å². The molecule has 0 heterocycles. The van der Waals surface area contributed by atoms with E-state index in [1.54, 1.807) is 0 Å². The molecule has 0 saturated heterocycles. The van der Waals surface area contributed by atoms with E-state index in [0.717, 1.165) is 0 Å². The average Bonchev–Trinajstić information content (AvgIpc) is 1.82. The van der Waals surface area contributed by atoms with Gasteiger partial charge in [0.05, 0.1) is 0 Å². The number of hydrogen-bond acceptors (Lipinski definition) is 6. The molecule has 0 amide bonds. The number of carboxylic acid groups (broad SMARTS) is 3. The monoisotopic (exact) mass is 320 g/mol. The van der Waals surface area contributed by atoms with Crippen molar-refractivity contribution >= 4 is 17.9 Å². The molecule has 2 N–H and O–H groups in total. The quantitative estimate of drug-likeness (QED) is 0.480. The molecule has 15 heavy (non-hydrogen) atoms. The standard InChI is InChI=1S/C6H8O7.Ag.Na/c7-3(8)1-6(13,5(11)12)2-4(9)10;;/h13H,1-2H2,(H,7,8)(H,9,10)(H,11,12);;/q;2*+1/p-2. The van der Waals surface area contributed by atoms with Gasteiger partial charge in [-0.2, -0.15) is 0 Å². The molecule has 0 aromatic rings. The van der Waals surface area contributed by atoms with E-state index >= 15 is 0 Å². The van der Waals surface area contributed by atoms with Crippen molar-refractivity contribution in [2.45, 2.75) is 18.4 Å². The first-order valence-electron chi connectivity index (χ1n) is 3.13. The van der Waals surface area contributed by atoms with Crippen LogP contribution < -0.4 is 39.8 Å². The molecule has 84 valence electrons. The van der Waals surface area contributed by atoms with Crippen molar-refractivity contribution in [1.29, 1.82) is 0 Å². The maximum Gasteiger partial charge on any atom is 1.00 e. The van der Waals surface area contributed by atoms with Gasteiger partial charge < -0.3 is 30.0 Å². The van der Waals surface area contributed by atoms with Crippen molar-refractivity contribution in [3.8, 4) is 0 Å². The Hall–Kier alpha value is 0.110. The molecular weight excluding hydrogens is 315 g/mol. The van der Waals surface area contributed by atoms with E-state index < -0.39 is 36.4 Å². The molecule has 0 atom stereocenters. The molecule has 0 aliphatic rings. The first-order chi connectivity index (χ1) is 5.78. The summed E-state index contributed by atoms with van der Waals surface area (Å²) in [6.45, 7) is 0. The van der Waals surface area contributed by atoms with Crippen LogP contribution in [0, 0.1) is 0 Å². The normalized spacial score (nSPS) is 9.40. The molecule has 0 unspecified atom stereocenters. The van der Waals surface area contributed by atoms with Crippen molar-refractivity contribution in [2.24, 2.45) is 0 Å². The molecule has 0 spiro atoms. The maximum atomic E-state index is 10.3. The van der Waals surface area contributed by atoms with Gasteiger partial charge in [-0.15, -0.1) is 0 Å². The van der Waals surface area contributed by atoms with Gasteiger partial charge in [0, 0.05) is 24.8 Å². The molecule has 0 aliphatic carbocycles. The summed E-state index contributed by atoms with van der Waals surface area (Å²) in [4.78, 5) is 30.2. The predicted molar refractivity (Wildman–Crippen MR) is 31.8 cm³/mol. The van der Waals surface area contributed by atoms with Gasteiger partial charge in [-0.1, -0.05) is 0 Å². The summed E-state index contributed by atoms with van der Waals surface area (Å²) in [7, 11) is 0. The van der Waals surface area contributed by atoms with E-state index in [4.69, 9.17) is 10.2 Å². The van der Waals surface area contributed by atoms with Gasteiger partial charge in [-0.25, -0.2) is 4.79 Å². The first-order valence-corrected chi connectivity index (χ1v) is 3.13. The minimum absolute atomic E-state index is 0. The molecule has 7 nitrogen and oxygen atoms in total. The minimum Gasteiger partial charge on any atom is -0.550 e. The van der Waals surface area contributed by atoms with Crippen molar-refractivity contribution in [2.75, 3.05) is 0 Å². The second-order valence-electron chi connectivity index (χ2n) is 2.43. The van der Waals surface area contributed by atoms with Crippen LogP contribution in [0.25, 0.3) is 0 Å². The van der Waals surface area contributed by atoms with E-state index in [2.05, 4.69) is 0 Å². The Balaban J connectivity index is -0.000000720. The van der Waals surface area contributed by atoms with E-state index in [9.17, 15) is 24.6 Å². The Morgan fingerprint density at radius 1 is 1.07 bits per heavy atom. The Labute approximate surface area is 122 Å². The van der Waals surface area contributed by atoms with Gasteiger partial charge in [0.15, 0.2) is 5.60 Å². The zero-order chi connectivity index (χ0) is 10.6. The van der Waals surface area contributed by atoms with Crippen LogP contribution in [0.5, 0.6) is 0 Å². The molecule has 0 aromatic heterocycles. The number of aliphatic hydroxyl groups is 1. The molecule has 0 radical (unpaired) electrons. The van der Waals surface area contributed by atoms with Crippen LogP contribution in [0.3, 0.4) is 0 Å². The molecule has 0 fully saturated rings. The largest absolute Gasteiger partial charge is 1.00 e. The van der Waals surface area contributed by atoms with Crippen LogP contribution in [0.4, 0.5) is 0 Å². The van der Waals surface area contributed by atoms with Crippen molar-refractivity contribution < 1.29 is 86.7 Å². The third-order valence-corrected chi connectivity index (χ3v) is 1.27. The average molecular weight is 321 g/mol. The van der Waals surface area contributed by atoms with Gasteiger partial charge in [-0.3, -0.25) is 0 Å². The Morgan fingerprint density at radius 3 is 1.47 bits per heavy atom. The fourth-order valence-electron chi connectivity index (χ4n) is 0.691. The Morgan fingerprint density at radius 2 is 1.33 bits per heavy atom. The summed E-state index contributed by atoms with van der Waals surface area (Å²) >= 11 is 0. The zero-order valence-electron chi connectivity index (χ0n) is 7.65. The van der Waals surface area contributed by atoms with Crippen LogP contribution in [0.2, 0.25) is 0 Å². The maximum absolute atomic E-state index is 10.3. The smallest absolute Gasteiger partial charge is 0.550 e. The van der Waals surface area contributed by atoms with E-state index in [-0.39, 0.29) is 51.9 Å². The van der Waals surface area contributed by atoms with Crippen LogP contribution in [0.15, 0.2) is 0 Å². The van der Waals surface area contributed by atoms with Crippen molar-refractivity contribution in [1.82, 2.24) is 0 Å². The Bertz CT molecular complexity index is 238. The number of carbonyl (C=O) groups is 3. The van der Waals surface area contributed by atoms with Gasteiger partial charge in [-0.05, 0) is 0 Å². The number of aliphatic carboxylic acids is 3. The van der Waals surface area contributed by atoms with Gasteiger partial charge in [0.1, 0.15) is 0 Å². The molecular formula is C6H6AgNaO7. The first kappa shape index (κ1) is 20.5. The summed E-state index contributed by atoms with van der Waals surface area (Å²) in [6, 6.07) is 0. The number of hydrogen-bond donors (Lipinski definition) is 2. The van der Waals surface area contributed by atoms with Gasteiger partial charge in [0.25, 0.3) is 0 Å². The molecule has 0 saturated carbocycles. The zero-order valence-corrected chi connectivity index (χ0v) is 11.1. The summed E-state index contributed by atoms with van der Waals surface area (Å²) in [5.41, 5.74) is -2.86. The molecule has 9 heteroatoms. The van der Waals surface area contributed by atoms with Crippen LogP contribution in [-0.2, 0) is 36.8 Å². The minimum atomic E-state index is -2.86. The van der Waals surface area contributed by atoms with Crippen molar-refractivity contribution in [3.63, 3.8) is 0 Å². The second-order valence-corrected chi connectivity index (χ2v) is 2.43. The SMILES string of the molecule is O=C([O-])CC(O)(CC(=O)[O-])C(=O)O.[Ag+].[Na+]. The third-order valence-electron chi connectivity index (χ3n) is 1.27. The third kappa shape index (κ3) is 7.97. The van der Waals surface area contributed by atoms with E-state index in [1.807, 2.05) is 0 Å². The summed E-state index contributed by atoms with van der Waals surface area (Å²) in [6.07, 6.45) is -2.59. The van der Waals surface area contributed by atoms with E-state index in [0.29, 0.717) is 0 Å². The molecule has 0 rings (SSSR count). The van der Waals surface area contributed by atoms with Crippen molar-refractivity contribution in [3.05, 3.63) is 0 Å². The summed E-state index contributed by atoms with van der Waals surface area (Å²) in [5.74, 6) is -5.65. The predicted octanol–water partition coefficient (Wildman–Crippen LogP) is -6.92. The van der Waals surface area contributed by atoms with Crippen LogP contribution in [0.1, 0.15) is 12.8 Å². The summed E-state index contributed by atoms with van der Waals surface area (Å²) < 4.78 is 0. The number of carboxylic acids is 3.